The minimum absolute atomic E-state index is 0.0905. The first-order chi connectivity index (χ1) is 9.81. The molecule has 102 valence electrons. The Morgan fingerprint density at radius 1 is 1.25 bits per heavy atom. The molecule has 0 spiro atoms. The number of anilines is 1. The number of H-pyrrole nitrogens is 1. The number of nitrogens with zero attached hydrogens (tertiary/aromatic N) is 1. The van der Waals surface area contributed by atoms with Crippen LogP contribution in [0.2, 0.25) is 0 Å². The van der Waals surface area contributed by atoms with Crippen molar-refractivity contribution in [3.63, 3.8) is 0 Å². The van der Waals surface area contributed by atoms with Crippen LogP contribution in [-0.2, 0) is 4.79 Å². The zero-order valence-electron chi connectivity index (χ0n) is 11.2. The molecule has 2 N–H and O–H groups in total. The Balaban J connectivity index is 1.39. The number of carbonyl (C=O) groups excluding carboxylic acids is 1. The maximum Gasteiger partial charge on any atom is 0.229 e. The van der Waals surface area contributed by atoms with E-state index in [4.69, 9.17) is 0 Å². The van der Waals surface area contributed by atoms with Gasteiger partial charge in [-0.15, -0.1) is 0 Å². The SMILES string of the molecule is O=C(Nc1cc(C2CC2)[nH]n1)[C@H]1C[C@H]1c1ccccc1. The summed E-state index contributed by atoms with van der Waals surface area (Å²) in [7, 11) is 0. The summed E-state index contributed by atoms with van der Waals surface area (Å²) in [5, 5.41) is 10.1. The van der Waals surface area contributed by atoms with Gasteiger partial charge in [0.1, 0.15) is 0 Å². The van der Waals surface area contributed by atoms with Gasteiger partial charge in [0.25, 0.3) is 0 Å². The molecule has 2 fully saturated rings. The number of aromatic amines is 1. The van der Waals surface area contributed by atoms with Crippen LogP contribution in [0.3, 0.4) is 0 Å². The Kier molecular flexibility index (Phi) is 2.62. The third-order valence-corrected chi connectivity index (χ3v) is 4.22. The lowest BCUT2D eigenvalue weighted by molar-refractivity contribution is -0.117. The van der Waals surface area contributed by atoms with Gasteiger partial charge in [0.05, 0.1) is 0 Å². The maximum absolute atomic E-state index is 12.2. The molecule has 1 aromatic heterocycles. The number of nitrogens with one attached hydrogen (secondary N) is 2. The summed E-state index contributed by atoms with van der Waals surface area (Å²) in [6.45, 7) is 0. The van der Waals surface area contributed by atoms with E-state index in [0.29, 0.717) is 17.7 Å². The Morgan fingerprint density at radius 2 is 2.05 bits per heavy atom. The molecule has 2 aliphatic rings. The lowest BCUT2D eigenvalue weighted by atomic mass is 10.1. The number of aromatic nitrogens is 2. The zero-order chi connectivity index (χ0) is 13.5. The molecule has 4 heteroatoms. The van der Waals surface area contributed by atoms with Gasteiger partial charge in [0.2, 0.25) is 5.91 Å². The molecule has 1 aromatic carbocycles. The van der Waals surface area contributed by atoms with Crippen LogP contribution < -0.4 is 5.32 Å². The summed E-state index contributed by atoms with van der Waals surface area (Å²) in [6, 6.07) is 12.2. The van der Waals surface area contributed by atoms with Crippen LogP contribution in [0.15, 0.2) is 36.4 Å². The maximum atomic E-state index is 12.2. The first-order valence-corrected chi connectivity index (χ1v) is 7.22. The molecule has 2 aliphatic carbocycles. The third-order valence-electron chi connectivity index (χ3n) is 4.22. The molecule has 4 rings (SSSR count). The van der Waals surface area contributed by atoms with Crippen molar-refractivity contribution in [3.8, 4) is 0 Å². The summed E-state index contributed by atoms with van der Waals surface area (Å²) in [4.78, 5) is 12.2. The molecular weight excluding hydrogens is 250 g/mol. The van der Waals surface area contributed by atoms with Crippen molar-refractivity contribution in [3.05, 3.63) is 47.7 Å². The van der Waals surface area contributed by atoms with Gasteiger partial charge in [-0.25, -0.2) is 0 Å². The summed E-state index contributed by atoms with van der Waals surface area (Å²) in [5.74, 6) is 1.85. The quantitative estimate of drug-likeness (QED) is 0.894. The van der Waals surface area contributed by atoms with Gasteiger partial charge >= 0.3 is 0 Å². The first-order valence-electron chi connectivity index (χ1n) is 7.22. The van der Waals surface area contributed by atoms with Crippen LogP contribution in [0.4, 0.5) is 5.82 Å². The van der Waals surface area contributed by atoms with Crippen molar-refractivity contribution in [2.75, 3.05) is 5.32 Å². The summed E-state index contributed by atoms with van der Waals surface area (Å²) >= 11 is 0. The molecule has 2 atom stereocenters. The van der Waals surface area contributed by atoms with E-state index in [0.717, 1.165) is 12.1 Å². The smallest absolute Gasteiger partial charge is 0.229 e. The minimum Gasteiger partial charge on any atom is -0.309 e. The van der Waals surface area contributed by atoms with Crippen LogP contribution in [0.5, 0.6) is 0 Å². The fraction of sp³-hybridized carbons (Fsp3) is 0.375. The van der Waals surface area contributed by atoms with Gasteiger partial charge in [-0.3, -0.25) is 9.89 Å². The molecule has 0 bridgehead atoms. The van der Waals surface area contributed by atoms with E-state index in [1.807, 2.05) is 24.3 Å². The van der Waals surface area contributed by atoms with Gasteiger partial charge in [-0.2, -0.15) is 5.10 Å². The van der Waals surface area contributed by atoms with Crippen molar-refractivity contribution in [2.45, 2.75) is 31.1 Å². The molecule has 0 unspecified atom stereocenters. The van der Waals surface area contributed by atoms with Crippen molar-refractivity contribution >= 4 is 11.7 Å². The normalized spacial score (nSPS) is 24.4. The highest BCUT2D eigenvalue weighted by molar-refractivity contribution is 5.94. The highest BCUT2D eigenvalue weighted by Gasteiger charge is 2.44. The van der Waals surface area contributed by atoms with E-state index in [-0.39, 0.29) is 11.8 Å². The molecule has 0 saturated heterocycles. The second-order valence-electron chi connectivity index (χ2n) is 5.83. The van der Waals surface area contributed by atoms with Gasteiger partial charge in [0.15, 0.2) is 5.82 Å². The first kappa shape index (κ1) is 11.7. The fourth-order valence-corrected chi connectivity index (χ4v) is 2.78. The number of benzene rings is 1. The standard InChI is InChI=1S/C16H17N3O/c20-16(13-8-12(13)10-4-2-1-3-5-10)17-15-9-14(18-19-15)11-6-7-11/h1-5,9,11-13H,6-8H2,(H2,17,18,19,20)/t12-,13-/m0/s1. The molecule has 2 saturated carbocycles. The van der Waals surface area contributed by atoms with Gasteiger partial charge in [0, 0.05) is 23.6 Å². The number of hydrogen-bond acceptors (Lipinski definition) is 2. The molecule has 4 nitrogen and oxygen atoms in total. The molecule has 1 heterocycles. The number of amides is 1. The van der Waals surface area contributed by atoms with E-state index >= 15 is 0 Å². The lowest BCUT2D eigenvalue weighted by Gasteiger charge is -2.01. The zero-order valence-corrected chi connectivity index (χ0v) is 11.2. The van der Waals surface area contributed by atoms with E-state index < -0.39 is 0 Å². The molecule has 0 radical (unpaired) electrons. The van der Waals surface area contributed by atoms with Crippen molar-refractivity contribution in [1.29, 1.82) is 0 Å². The summed E-state index contributed by atoms with van der Waals surface area (Å²) in [6.07, 6.45) is 3.40. The van der Waals surface area contributed by atoms with Gasteiger partial charge in [-0.05, 0) is 30.7 Å². The topological polar surface area (TPSA) is 57.8 Å². The summed E-state index contributed by atoms with van der Waals surface area (Å²) in [5.41, 5.74) is 2.41. The molecule has 0 aliphatic heterocycles. The second-order valence-corrected chi connectivity index (χ2v) is 5.83. The Bertz CT molecular complexity index is 630. The fourth-order valence-electron chi connectivity index (χ4n) is 2.78. The Morgan fingerprint density at radius 3 is 2.80 bits per heavy atom. The van der Waals surface area contributed by atoms with Crippen molar-refractivity contribution in [2.24, 2.45) is 5.92 Å². The van der Waals surface area contributed by atoms with E-state index in [1.54, 1.807) is 0 Å². The molecular formula is C16H17N3O. The highest BCUT2D eigenvalue weighted by Crippen LogP contribution is 2.48. The van der Waals surface area contributed by atoms with Crippen molar-refractivity contribution in [1.82, 2.24) is 10.2 Å². The molecule has 1 amide bonds. The van der Waals surface area contributed by atoms with Crippen LogP contribution in [0.1, 0.15) is 42.4 Å². The molecule has 2 aromatic rings. The Hall–Kier alpha value is -2.10. The van der Waals surface area contributed by atoms with E-state index in [1.165, 1.54) is 18.4 Å². The summed E-state index contributed by atoms with van der Waals surface area (Å²) < 4.78 is 0. The predicted molar refractivity (Wildman–Crippen MR) is 76.5 cm³/mol. The average Bonchev–Trinajstić information content (AvgIpc) is 3.39. The highest BCUT2D eigenvalue weighted by atomic mass is 16.2. The minimum atomic E-state index is 0.0905. The Labute approximate surface area is 117 Å². The van der Waals surface area contributed by atoms with Crippen LogP contribution in [0, 0.1) is 5.92 Å². The van der Waals surface area contributed by atoms with Crippen LogP contribution in [-0.4, -0.2) is 16.1 Å². The second kappa shape index (κ2) is 4.47. The monoisotopic (exact) mass is 267 g/mol. The number of carbonyl (C=O) groups is 1. The molecule has 20 heavy (non-hydrogen) atoms. The number of rotatable bonds is 4. The predicted octanol–water partition coefficient (Wildman–Crippen LogP) is 3.03. The third kappa shape index (κ3) is 2.22. The van der Waals surface area contributed by atoms with Crippen molar-refractivity contribution < 1.29 is 4.79 Å². The average molecular weight is 267 g/mol. The largest absolute Gasteiger partial charge is 0.309 e. The van der Waals surface area contributed by atoms with Gasteiger partial charge < -0.3 is 5.32 Å². The van der Waals surface area contributed by atoms with E-state index in [2.05, 4.69) is 27.6 Å². The van der Waals surface area contributed by atoms with Crippen LogP contribution in [0.25, 0.3) is 0 Å². The van der Waals surface area contributed by atoms with Gasteiger partial charge in [-0.1, -0.05) is 30.3 Å². The van der Waals surface area contributed by atoms with Crippen LogP contribution >= 0.6 is 0 Å². The lowest BCUT2D eigenvalue weighted by Crippen LogP contribution is -2.14. The van der Waals surface area contributed by atoms with E-state index in [9.17, 15) is 4.79 Å². The number of hydrogen-bond donors (Lipinski definition) is 2.